The molecule has 3 aromatic carbocycles. The van der Waals surface area contributed by atoms with Crippen LogP contribution >= 0.6 is 0 Å². The molecule has 1 N–H and O–H groups in total. The number of rotatable bonds is 9. The van der Waals surface area contributed by atoms with E-state index in [0.717, 1.165) is 42.5 Å². The third-order valence-corrected chi connectivity index (χ3v) is 11.7. The Morgan fingerprint density at radius 2 is 1.41 bits per heavy atom. The highest BCUT2D eigenvalue weighted by atomic mass is 32.2. The first-order chi connectivity index (χ1) is 22.9. The van der Waals surface area contributed by atoms with Crippen molar-refractivity contribution in [2.75, 3.05) is 13.2 Å². The minimum atomic E-state index is -6.22. The van der Waals surface area contributed by atoms with Crippen LogP contribution < -0.4 is 5.32 Å². The average molecular weight is 724 g/mol. The van der Waals surface area contributed by atoms with Crippen LogP contribution in [0.5, 0.6) is 0 Å². The van der Waals surface area contributed by atoms with E-state index in [1.54, 1.807) is 0 Å². The quantitative estimate of drug-likeness (QED) is 0.184. The summed E-state index contributed by atoms with van der Waals surface area (Å²) in [5.74, 6) is -5.00. The largest absolute Gasteiger partial charge is 0.430 e. The summed E-state index contributed by atoms with van der Waals surface area (Å²) >= 11 is 0. The van der Waals surface area contributed by atoms with Crippen LogP contribution in [-0.4, -0.2) is 45.9 Å². The van der Waals surface area contributed by atoms with E-state index in [1.165, 1.54) is 0 Å². The van der Waals surface area contributed by atoms with Crippen molar-refractivity contribution in [3.05, 3.63) is 101 Å². The van der Waals surface area contributed by atoms with Gasteiger partial charge in [0.15, 0.2) is 9.84 Å². The van der Waals surface area contributed by atoms with Crippen LogP contribution in [0.3, 0.4) is 0 Å². The van der Waals surface area contributed by atoms with Gasteiger partial charge in [-0.2, -0.15) is 26.3 Å². The van der Waals surface area contributed by atoms with Crippen LogP contribution in [0.1, 0.15) is 48.8 Å². The van der Waals surface area contributed by atoms with E-state index in [4.69, 9.17) is 4.74 Å². The molecule has 49 heavy (non-hydrogen) atoms. The second kappa shape index (κ2) is 13.6. The number of alkyl halides is 6. The molecule has 1 heterocycles. The van der Waals surface area contributed by atoms with Crippen molar-refractivity contribution in [1.29, 1.82) is 0 Å². The number of benzene rings is 3. The van der Waals surface area contributed by atoms with Crippen molar-refractivity contribution in [3.63, 3.8) is 0 Å². The summed E-state index contributed by atoms with van der Waals surface area (Å²) in [5, 5.41) is 2.86. The molecule has 0 radical (unpaired) electrons. The number of carbonyl (C=O) groups is 1. The smallest absolute Gasteiger partial charge is 0.381 e. The number of carbonyl (C=O) groups excluding carboxylic acids is 1. The van der Waals surface area contributed by atoms with Gasteiger partial charge in [0, 0.05) is 36.3 Å². The summed E-state index contributed by atoms with van der Waals surface area (Å²) in [5.41, 5.74) is -8.01. The zero-order valence-corrected chi connectivity index (χ0v) is 26.3. The molecule has 1 amide bonds. The van der Waals surface area contributed by atoms with Crippen LogP contribution in [0.15, 0.2) is 71.6 Å². The van der Waals surface area contributed by atoms with Gasteiger partial charge in [-0.05, 0) is 74.1 Å². The maximum atomic E-state index is 14.5. The molecule has 6 nitrogen and oxygen atoms in total. The van der Waals surface area contributed by atoms with E-state index in [1.807, 2.05) is 0 Å². The standard InChI is InChI=1S/C33H30F9NO5S/c34-23-8-10-25(11-9-23)49(45,46)30(15-12-20(18-30)29(44)43-24-13-16-47-17-14-24)21-4-6-22(7-5-21)31(32(37,38)39,33(40,41)42)48-19-26-27(35)2-1-3-28(26)36/h1-11,20,24H,12-19H2,(H,43,44)/t20-,30-/m0/s1. The highest BCUT2D eigenvalue weighted by Crippen LogP contribution is 2.55. The van der Waals surface area contributed by atoms with Gasteiger partial charge in [-0.1, -0.05) is 30.3 Å². The van der Waals surface area contributed by atoms with Gasteiger partial charge in [-0.25, -0.2) is 21.6 Å². The lowest BCUT2D eigenvalue weighted by Crippen LogP contribution is -2.56. The summed E-state index contributed by atoms with van der Waals surface area (Å²) in [6, 6.07) is 7.95. The van der Waals surface area contributed by atoms with Gasteiger partial charge in [0.05, 0.1) is 11.5 Å². The fourth-order valence-corrected chi connectivity index (χ4v) is 8.69. The van der Waals surface area contributed by atoms with Crippen molar-refractivity contribution in [1.82, 2.24) is 5.32 Å². The lowest BCUT2D eigenvalue weighted by atomic mass is 9.88. The molecule has 0 bridgehead atoms. The van der Waals surface area contributed by atoms with Crippen LogP contribution in [0.25, 0.3) is 0 Å². The van der Waals surface area contributed by atoms with Crippen molar-refractivity contribution in [2.45, 2.75) is 72.3 Å². The highest BCUT2D eigenvalue weighted by Gasteiger charge is 2.73. The van der Waals surface area contributed by atoms with Crippen molar-refractivity contribution < 1.29 is 62.2 Å². The molecule has 2 fully saturated rings. The second-order valence-corrected chi connectivity index (χ2v) is 14.3. The number of sulfone groups is 1. The van der Waals surface area contributed by atoms with Gasteiger partial charge in [0.1, 0.15) is 22.2 Å². The average Bonchev–Trinajstić information content (AvgIpc) is 3.50. The van der Waals surface area contributed by atoms with E-state index in [0.29, 0.717) is 50.3 Å². The summed E-state index contributed by atoms with van der Waals surface area (Å²) in [6.45, 7) is -0.950. The zero-order chi connectivity index (χ0) is 35.8. The molecule has 1 aliphatic carbocycles. The predicted octanol–water partition coefficient (Wildman–Crippen LogP) is 7.41. The number of hydrogen-bond donors (Lipinski definition) is 1. The molecule has 1 aliphatic heterocycles. The first kappa shape index (κ1) is 36.6. The summed E-state index contributed by atoms with van der Waals surface area (Å²) < 4.78 is 165. The minimum absolute atomic E-state index is 0.00356. The lowest BCUT2D eigenvalue weighted by Gasteiger charge is -2.38. The van der Waals surface area contributed by atoms with Gasteiger partial charge < -0.3 is 14.8 Å². The number of ether oxygens (including phenoxy) is 2. The van der Waals surface area contributed by atoms with E-state index in [-0.39, 0.29) is 35.8 Å². The summed E-state index contributed by atoms with van der Waals surface area (Å²) in [4.78, 5) is 12.9. The maximum absolute atomic E-state index is 14.5. The molecule has 1 saturated carbocycles. The van der Waals surface area contributed by atoms with Gasteiger partial charge in [-0.15, -0.1) is 0 Å². The second-order valence-electron chi connectivity index (χ2n) is 12.0. The molecule has 0 aromatic heterocycles. The SMILES string of the molecule is O=C(NC1CCOCC1)[C@H]1CC[C@](c2ccc(C(OCc3c(F)cccc3F)(C(F)(F)F)C(F)(F)F)cc2)(S(=O)(=O)c2ccc(F)cc2)C1. The third kappa shape index (κ3) is 6.78. The molecule has 1 saturated heterocycles. The Balaban J connectivity index is 1.57. The summed E-state index contributed by atoms with van der Waals surface area (Å²) in [7, 11) is -4.56. The normalized spacial score (nSPS) is 21.1. The molecule has 266 valence electrons. The lowest BCUT2D eigenvalue weighted by molar-refractivity contribution is -0.392. The molecule has 0 spiro atoms. The predicted molar refractivity (Wildman–Crippen MR) is 156 cm³/mol. The monoisotopic (exact) mass is 723 g/mol. The highest BCUT2D eigenvalue weighted by molar-refractivity contribution is 7.92. The molecule has 0 unspecified atom stereocenters. The minimum Gasteiger partial charge on any atom is -0.381 e. The number of nitrogens with one attached hydrogen (secondary N) is 1. The maximum Gasteiger partial charge on any atom is 0.430 e. The molecular formula is C33H30F9NO5S. The zero-order valence-electron chi connectivity index (χ0n) is 25.5. The van der Waals surface area contributed by atoms with Gasteiger partial charge in [-0.3, -0.25) is 4.79 Å². The Morgan fingerprint density at radius 3 is 1.96 bits per heavy atom. The fourth-order valence-electron chi connectivity index (χ4n) is 6.49. The first-order valence-corrected chi connectivity index (χ1v) is 16.6. The molecule has 5 rings (SSSR count). The Kier molecular flexibility index (Phi) is 10.2. The molecule has 3 aromatic rings. The van der Waals surface area contributed by atoms with Crippen molar-refractivity contribution in [2.24, 2.45) is 5.92 Å². The van der Waals surface area contributed by atoms with E-state index in [9.17, 15) is 52.7 Å². The Bertz CT molecular complexity index is 1720. The molecule has 2 atom stereocenters. The fraction of sp³-hybridized carbons (Fsp3) is 0.424. The van der Waals surface area contributed by atoms with Crippen LogP contribution in [0.2, 0.25) is 0 Å². The number of halogens is 9. The van der Waals surface area contributed by atoms with Crippen LogP contribution in [-0.2, 0) is 41.1 Å². The number of hydrogen-bond acceptors (Lipinski definition) is 5. The van der Waals surface area contributed by atoms with Crippen molar-refractivity contribution >= 4 is 15.7 Å². The van der Waals surface area contributed by atoms with Crippen molar-refractivity contribution in [3.8, 4) is 0 Å². The Labute approximate surface area is 275 Å². The van der Waals surface area contributed by atoms with Crippen LogP contribution in [0.4, 0.5) is 39.5 Å². The molecule has 16 heteroatoms. The molecule has 2 aliphatic rings. The van der Waals surface area contributed by atoms with E-state index in [2.05, 4.69) is 10.1 Å². The Hall–Kier alpha value is -3.63. The van der Waals surface area contributed by atoms with Gasteiger partial charge in [0.2, 0.25) is 5.91 Å². The first-order valence-electron chi connectivity index (χ1n) is 15.1. The Morgan fingerprint density at radius 1 is 0.837 bits per heavy atom. The van der Waals surface area contributed by atoms with E-state index < -0.39 is 79.5 Å². The molecular weight excluding hydrogens is 693 g/mol. The topological polar surface area (TPSA) is 81.7 Å². The van der Waals surface area contributed by atoms with Gasteiger partial charge >= 0.3 is 12.4 Å². The van der Waals surface area contributed by atoms with E-state index >= 15 is 0 Å². The third-order valence-electron chi connectivity index (χ3n) is 9.16. The number of amides is 1. The summed E-state index contributed by atoms with van der Waals surface area (Å²) in [6.07, 6.45) is -12.0. The van der Waals surface area contributed by atoms with Crippen LogP contribution in [0, 0.1) is 23.4 Å². The van der Waals surface area contributed by atoms with Gasteiger partial charge in [0.25, 0.3) is 5.60 Å².